The monoisotopic (exact) mass is 557 g/mol. The summed E-state index contributed by atoms with van der Waals surface area (Å²) in [5, 5.41) is 3.01. The normalized spacial score (nSPS) is 11.5. The summed E-state index contributed by atoms with van der Waals surface area (Å²) < 4.78 is 55.0. The number of carbonyl (C=O) groups is 1. The van der Waals surface area contributed by atoms with Crippen molar-refractivity contribution >= 4 is 54.9 Å². The fraction of sp³-hybridized carbons (Fsp3) is 0.0417. The zero-order chi connectivity index (χ0) is 26.5. The van der Waals surface area contributed by atoms with Crippen LogP contribution in [-0.2, 0) is 24.8 Å². The van der Waals surface area contributed by atoms with Crippen LogP contribution in [0.4, 0.5) is 17.3 Å². The second-order valence-corrected chi connectivity index (χ2v) is 11.5. The lowest BCUT2D eigenvalue weighted by molar-refractivity contribution is -0.114. The Morgan fingerprint density at radius 2 is 1.41 bits per heavy atom. The van der Waals surface area contributed by atoms with Gasteiger partial charge in [0.1, 0.15) is 6.54 Å². The van der Waals surface area contributed by atoms with Gasteiger partial charge in [0.15, 0.2) is 0 Å². The van der Waals surface area contributed by atoms with Gasteiger partial charge in [0.05, 0.1) is 15.5 Å². The molecule has 1 aromatic heterocycles. The average Bonchev–Trinajstić information content (AvgIpc) is 2.89. The number of nitrogens with one attached hydrogen (secondary N) is 2. The van der Waals surface area contributed by atoms with Crippen molar-refractivity contribution in [3.63, 3.8) is 0 Å². The molecule has 3 aromatic carbocycles. The second-order valence-electron chi connectivity index (χ2n) is 7.55. The Labute approximate surface area is 219 Å². The van der Waals surface area contributed by atoms with Gasteiger partial charge in [-0.1, -0.05) is 29.8 Å². The highest BCUT2D eigenvalue weighted by molar-refractivity contribution is 7.93. The molecule has 0 aliphatic heterocycles. The third-order valence-electron chi connectivity index (χ3n) is 4.97. The van der Waals surface area contributed by atoms with E-state index < -0.39 is 32.5 Å². The Hall–Kier alpha value is -4.00. The molecule has 0 aliphatic carbocycles. The molecule has 190 valence electrons. The molecule has 4 rings (SSSR count). The second kappa shape index (κ2) is 10.9. The first-order valence-corrected chi connectivity index (χ1v) is 14.0. The molecular formula is C24H20ClN5O5S2. The van der Waals surface area contributed by atoms with Crippen LogP contribution >= 0.6 is 11.6 Å². The Morgan fingerprint density at radius 1 is 0.784 bits per heavy atom. The molecular weight excluding hydrogens is 538 g/mol. The Balaban J connectivity index is 1.52. The predicted molar refractivity (Wildman–Crippen MR) is 140 cm³/mol. The minimum Gasteiger partial charge on any atom is -0.325 e. The highest BCUT2D eigenvalue weighted by atomic mass is 35.5. The Bertz CT molecular complexity index is 1590. The van der Waals surface area contributed by atoms with E-state index in [9.17, 15) is 21.6 Å². The molecule has 4 aromatic rings. The van der Waals surface area contributed by atoms with Crippen molar-refractivity contribution in [3.8, 4) is 0 Å². The third-order valence-corrected chi connectivity index (χ3v) is 8.36. The number of sulfonamides is 2. The zero-order valence-corrected chi connectivity index (χ0v) is 21.4. The van der Waals surface area contributed by atoms with Crippen molar-refractivity contribution in [2.75, 3.05) is 20.9 Å². The molecule has 0 fully saturated rings. The van der Waals surface area contributed by atoms with Crippen LogP contribution in [-0.4, -0.2) is 39.3 Å². The van der Waals surface area contributed by atoms with Gasteiger partial charge >= 0.3 is 0 Å². The van der Waals surface area contributed by atoms with Gasteiger partial charge in [-0.3, -0.25) is 9.10 Å². The standard InChI is InChI=1S/C24H20ClN5O5S2/c25-18-7-11-20(12-8-18)30(37(34,35)22-5-2-1-3-6-22)17-23(31)28-19-9-13-21(14-10-19)36(32,33)29-24-26-15-4-16-27-24/h1-16H,17H2,(H,28,31)(H,26,27,29). The van der Waals surface area contributed by atoms with Gasteiger partial charge in [0.25, 0.3) is 20.0 Å². The first kappa shape index (κ1) is 26.1. The third kappa shape index (κ3) is 6.42. The van der Waals surface area contributed by atoms with E-state index in [1.807, 2.05) is 0 Å². The van der Waals surface area contributed by atoms with Gasteiger partial charge < -0.3 is 5.32 Å². The highest BCUT2D eigenvalue weighted by Gasteiger charge is 2.27. The van der Waals surface area contributed by atoms with E-state index in [0.717, 1.165) is 4.31 Å². The van der Waals surface area contributed by atoms with E-state index in [4.69, 9.17) is 11.6 Å². The van der Waals surface area contributed by atoms with E-state index in [0.29, 0.717) is 5.02 Å². The van der Waals surface area contributed by atoms with Crippen LogP contribution in [0.1, 0.15) is 0 Å². The van der Waals surface area contributed by atoms with Crippen LogP contribution in [0.15, 0.2) is 107 Å². The fourth-order valence-electron chi connectivity index (χ4n) is 3.22. The number of hydrogen-bond acceptors (Lipinski definition) is 7. The number of aromatic nitrogens is 2. The summed E-state index contributed by atoms with van der Waals surface area (Å²) in [6.07, 6.45) is 2.80. The molecule has 0 unspecified atom stereocenters. The maximum atomic E-state index is 13.3. The van der Waals surface area contributed by atoms with Gasteiger partial charge in [-0.05, 0) is 66.7 Å². The fourth-order valence-corrected chi connectivity index (χ4v) is 5.75. The van der Waals surface area contributed by atoms with Crippen molar-refractivity contribution in [2.24, 2.45) is 0 Å². The molecule has 0 spiro atoms. The maximum absolute atomic E-state index is 13.3. The molecule has 0 radical (unpaired) electrons. The summed E-state index contributed by atoms with van der Waals surface area (Å²) in [4.78, 5) is 20.5. The van der Waals surface area contributed by atoms with E-state index >= 15 is 0 Å². The number of nitrogens with zero attached hydrogens (tertiary/aromatic N) is 3. The number of benzene rings is 3. The van der Waals surface area contributed by atoms with Crippen molar-refractivity contribution in [1.29, 1.82) is 0 Å². The minimum atomic E-state index is -4.08. The molecule has 0 bridgehead atoms. The van der Waals surface area contributed by atoms with Crippen LogP contribution in [0.3, 0.4) is 0 Å². The Morgan fingerprint density at radius 3 is 2.03 bits per heavy atom. The molecule has 0 saturated carbocycles. The quantitative estimate of drug-likeness (QED) is 0.319. The van der Waals surface area contributed by atoms with Crippen LogP contribution in [0.25, 0.3) is 0 Å². The van der Waals surface area contributed by atoms with E-state index in [2.05, 4.69) is 20.0 Å². The summed E-state index contributed by atoms with van der Waals surface area (Å²) >= 11 is 5.95. The molecule has 10 nitrogen and oxygen atoms in total. The van der Waals surface area contributed by atoms with Crippen molar-refractivity contribution < 1.29 is 21.6 Å². The Kier molecular flexibility index (Phi) is 7.71. The number of amides is 1. The van der Waals surface area contributed by atoms with Crippen molar-refractivity contribution in [1.82, 2.24) is 9.97 Å². The average molecular weight is 558 g/mol. The SMILES string of the molecule is O=C(CN(c1ccc(Cl)cc1)S(=O)(=O)c1ccccc1)Nc1ccc(S(=O)(=O)Nc2ncccn2)cc1. The summed E-state index contributed by atoms with van der Waals surface area (Å²) in [7, 11) is -8.03. The summed E-state index contributed by atoms with van der Waals surface area (Å²) in [6, 6.07) is 20.7. The van der Waals surface area contributed by atoms with Crippen LogP contribution in [0.5, 0.6) is 0 Å². The van der Waals surface area contributed by atoms with Gasteiger partial charge in [-0.15, -0.1) is 0 Å². The largest absolute Gasteiger partial charge is 0.325 e. The molecule has 37 heavy (non-hydrogen) atoms. The molecule has 1 amide bonds. The molecule has 0 saturated heterocycles. The van der Waals surface area contributed by atoms with Gasteiger partial charge in [-0.2, -0.15) is 0 Å². The van der Waals surface area contributed by atoms with Crippen molar-refractivity contribution in [3.05, 3.63) is 102 Å². The lowest BCUT2D eigenvalue weighted by Gasteiger charge is -2.24. The number of carbonyl (C=O) groups excluding carboxylic acids is 1. The van der Waals surface area contributed by atoms with Crippen molar-refractivity contribution in [2.45, 2.75) is 9.79 Å². The summed E-state index contributed by atoms with van der Waals surface area (Å²) in [5.74, 6) is -0.720. The lowest BCUT2D eigenvalue weighted by atomic mass is 10.3. The van der Waals surface area contributed by atoms with E-state index in [1.165, 1.54) is 73.1 Å². The predicted octanol–water partition coefficient (Wildman–Crippen LogP) is 3.76. The van der Waals surface area contributed by atoms with Crippen LogP contribution in [0.2, 0.25) is 5.02 Å². The van der Waals surface area contributed by atoms with E-state index in [-0.39, 0.29) is 27.1 Å². The molecule has 0 aliphatic rings. The first-order chi connectivity index (χ1) is 17.6. The van der Waals surface area contributed by atoms with E-state index in [1.54, 1.807) is 24.3 Å². The number of hydrogen-bond donors (Lipinski definition) is 2. The zero-order valence-electron chi connectivity index (χ0n) is 19.0. The number of rotatable bonds is 9. The first-order valence-electron chi connectivity index (χ1n) is 10.7. The van der Waals surface area contributed by atoms with Gasteiger partial charge in [-0.25, -0.2) is 31.5 Å². The maximum Gasteiger partial charge on any atom is 0.264 e. The highest BCUT2D eigenvalue weighted by Crippen LogP contribution is 2.25. The summed E-state index contributed by atoms with van der Waals surface area (Å²) in [5.41, 5.74) is 0.520. The molecule has 13 heteroatoms. The smallest absolute Gasteiger partial charge is 0.264 e. The molecule has 0 atom stereocenters. The molecule has 2 N–H and O–H groups in total. The molecule has 1 heterocycles. The van der Waals surface area contributed by atoms with Gasteiger partial charge in [0.2, 0.25) is 11.9 Å². The van der Waals surface area contributed by atoms with Gasteiger partial charge in [0, 0.05) is 23.1 Å². The van der Waals surface area contributed by atoms with Crippen LogP contribution in [0, 0.1) is 0 Å². The number of halogens is 1. The number of anilines is 3. The topological polar surface area (TPSA) is 138 Å². The summed E-state index contributed by atoms with van der Waals surface area (Å²) in [6.45, 7) is -0.536. The lowest BCUT2D eigenvalue weighted by Crippen LogP contribution is -2.38. The minimum absolute atomic E-state index is 0.0159. The van der Waals surface area contributed by atoms with Crippen LogP contribution < -0.4 is 14.3 Å².